The van der Waals surface area contributed by atoms with Crippen molar-refractivity contribution in [1.29, 1.82) is 0 Å². The lowest BCUT2D eigenvalue weighted by molar-refractivity contribution is 0.102. The molecule has 0 saturated carbocycles. The molecular weight excluding hydrogens is 318 g/mol. The number of hydrogen-bond acceptors (Lipinski definition) is 4. The summed E-state index contributed by atoms with van der Waals surface area (Å²) in [5, 5.41) is 2.83. The Kier molecular flexibility index (Phi) is 4.74. The van der Waals surface area contributed by atoms with Crippen molar-refractivity contribution < 1.29 is 4.79 Å². The predicted molar refractivity (Wildman–Crippen MR) is 94.6 cm³/mol. The van der Waals surface area contributed by atoms with Gasteiger partial charge in [-0.1, -0.05) is 12.1 Å². The molecule has 2 heterocycles. The van der Waals surface area contributed by atoms with Crippen molar-refractivity contribution in [2.75, 3.05) is 5.32 Å². The summed E-state index contributed by atoms with van der Waals surface area (Å²) in [7, 11) is 0. The summed E-state index contributed by atoms with van der Waals surface area (Å²) in [5.74, 6) is -0.268. The Morgan fingerprint density at radius 1 is 1.24 bits per heavy atom. The molecule has 2 aromatic heterocycles. The minimum absolute atomic E-state index is 0.246. The maximum Gasteiger partial charge on any atom is 0.347 e. The van der Waals surface area contributed by atoms with Gasteiger partial charge in [0.2, 0.25) is 0 Å². The van der Waals surface area contributed by atoms with E-state index in [1.165, 1.54) is 10.8 Å². The maximum absolute atomic E-state index is 12.3. The smallest absolute Gasteiger partial charge is 0.334 e. The Hall–Kier alpha value is -3.22. The number of nitrogens with one attached hydrogen (secondary N) is 1. The van der Waals surface area contributed by atoms with Gasteiger partial charge in [0.1, 0.15) is 5.69 Å². The lowest BCUT2D eigenvalue weighted by Crippen LogP contribution is -2.22. The van der Waals surface area contributed by atoms with Crippen LogP contribution < -0.4 is 11.0 Å². The number of nitrogens with zero attached hydrogens (tertiary/aromatic N) is 4. The molecule has 7 nitrogen and oxygen atoms in total. The van der Waals surface area contributed by atoms with Crippen LogP contribution in [0.3, 0.4) is 0 Å². The van der Waals surface area contributed by atoms with E-state index in [0.29, 0.717) is 17.9 Å². The lowest BCUT2D eigenvalue weighted by atomic mass is 10.2. The van der Waals surface area contributed by atoms with Gasteiger partial charge in [0.15, 0.2) is 0 Å². The second-order valence-electron chi connectivity index (χ2n) is 5.98. The second-order valence-corrected chi connectivity index (χ2v) is 5.98. The quantitative estimate of drug-likeness (QED) is 0.774. The van der Waals surface area contributed by atoms with Crippen molar-refractivity contribution >= 4 is 11.6 Å². The van der Waals surface area contributed by atoms with E-state index in [0.717, 1.165) is 5.56 Å². The highest BCUT2D eigenvalue weighted by atomic mass is 16.2. The largest absolute Gasteiger partial charge is 0.347 e. The van der Waals surface area contributed by atoms with Gasteiger partial charge in [-0.05, 0) is 37.6 Å². The summed E-state index contributed by atoms with van der Waals surface area (Å²) in [6.45, 7) is 4.43. The number of anilines is 1. The first-order chi connectivity index (χ1) is 12.0. The first kappa shape index (κ1) is 16.6. The molecule has 1 amide bonds. The Labute approximate surface area is 145 Å². The van der Waals surface area contributed by atoms with Gasteiger partial charge >= 0.3 is 5.69 Å². The van der Waals surface area contributed by atoms with Crippen LogP contribution in [0.2, 0.25) is 0 Å². The fourth-order valence-electron chi connectivity index (χ4n) is 2.38. The van der Waals surface area contributed by atoms with Crippen LogP contribution >= 0.6 is 0 Å². The number of hydrogen-bond donors (Lipinski definition) is 1. The highest BCUT2D eigenvalue weighted by molar-refractivity contribution is 6.02. The molecule has 0 saturated heterocycles. The molecule has 0 radical (unpaired) electrons. The van der Waals surface area contributed by atoms with Gasteiger partial charge in [0.25, 0.3) is 5.91 Å². The number of aromatic nitrogens is 4. The lowest BCUT2D eigenvalue weighted by Gasteiger charge is -2.08. The summed E-state index contributed by atoms with van der Waals surface area (Å²) in [5.41, 5.74) is 1.60. The van der Waals surface area contributed by atoms with Crippen molar-refractivity contribution in [3.63, 3.8) is 0 Å². The molecule has 128 valence electrons. The van der Waals surface area contributed by atoms with Crippen LogP contribution in [-0.4, -0.2) is 25.0 Å². The van der Waals surface area contributed by atoms with Gasteiger partial charge in [-0.2, -0.15) is 0 Å². The number of carbonyl (C=O) groups is 1. The molecule has 3 rings (SSSR count). The molecule has 0 bridgehead atoms. The van der Waals surface area contributed by atoms with E-state index in [1.54, 1.807) is 30.9 Å². The third-order valence-electron chi connectivity index (χ3n) is 3.75. The number of rotatable bonds is 5. The van der Waals surface area contributed by atoms with Gasteiger partial charge < -0.3 is 9.88 Å². The van der Waals surface area contributed by atoms with Gasteiger partial charge in [0, 0.05) is 30.3 Å². The Balaban J connectivity index is 1.74. The molecule has 3 aromatic rings. The molecule has 0 aliphatic heterocycles. The van der Waals surface area contributed by atoms with Gasteiger partial charge in [-0.3, -0.25) is 9.36 Å². The maximum atomic E-state index is 12.3. The molecule has 1 aromatic carbocycles. The predicted octanol–water partition coefficient (Wildman–Crippen LogP) is 2.32. The van der Waals surface area contributed by atoms with Gasteiger partial charge in [-0.25, -0.2) is 14.8 Å². The van der Waals surface area contributed by atoms with Crippen LogP contribution in [0.15, 0.2) is 60.0 Å². The summed E-state index contributed by atoms with van der Waals surface area (Å²) in [4.78, 5) is 31.9. The van der Waals surface area contributed by atoms with E-state index in [2.05, 4.69) is 15.3 Å². The summed E-state index contributed by atoms with van der Waals surface area (Å²) >= 11 is 0. The SMILES string of the molecule is CC(C)n1cnc(C(=O)Nc2cccc(Cn3cccnc3=O)c2)c1. The third-order valence-corrected chi connectivity index (χ3v) is 3.75. The molecular formula is C18H19N5O2. The van der Waals surface area contributed by atoms with E-state index in [1.807, 2.05) is 36.6 Å². The normalized spacial score (nSPS) is 10.8. The van der Waals surface area contributed by atoms with Crippen LogP contribution in [0.1, 0.15) is 35.9 Å². The molecule has 0 unspecified atom stereocenters. The number of amides is 1. The fraction of sp³-hybridized carbons (Fsp3) is 0.222. The minimum Gasteiger partial charge on any atom is -0.334 e. The highest BCUT2D eigenvalue weighted by Crippen LogP contribution is 2.13. The monoisotopic (exact) mass is 337 g/mol. The van der Waals surface area contributed by atoms with E-state index in [9.17, 15) is 9.59 Å². The summed E-state index contributed by atoms with van der Waals surface area (Å²) < 4.78 is 3.38. The standard InChI is InChI=1S/C18H19N5O2/c1-13(2)23-11-16(20-12-23)17(24)21-15-6-3-5-14(9-15)10-22-8-4-7-19-18(22)25/h3-9,11-13H,10H2,1-2H3,(H,21,24). The second kappa shape index (κ2) is 7.12. The minimum atomic E-state index is -0.309. The topological polar surface area (TPSA) is 81.8 Å². The van der Waals surface area contributed by atoms with E-state index >= 15 is 0 Å². The fourth-order valence-corrected chi connectivity index (χ4v) is 2.38. The van der Waals surface area contributed by atoms with Crippen LogP contribution in [0.25, 0.3) is 0 Å². The average molecular weight is 337 g/mol. The van der Waals surface area contributed by atoms with Crippen LogP contribution in [0, 0.1) is 0 Å². The van der Waals surface area contributed by atoms with Crippen LogP contribution in [-0.2, 0) is 6.54 Å². The molecule has 1 N–H and O–H groups in total. The average Bonchev–Trinajstić information content (AvgIpc) is 3.08. The molecule has 0 atom stereocenters. The third kappa shape index (κ3) is 4.00. The number of benzene rings is 1. The number of carbonyl (C=O) groups excluding carboxylic acids is 1. The molecule has 0 fully saturated rings. The van der Waals surface area contributed by atoms with Gasteiger partial charge in [-0.15, -0.1) is 0 Å². The van der Waals surface area contributed by atoms with E-state index < -0.39 is 0 Å². The van der Waals surface area contributed by atoms with Crippen LogP contribution in [0.5, 0.6) is 0 Å². The molecule has 25 heavy (non-hydrogen) atoms. The number of imidazole rings is 1. The van der Waals surface area contributed by atoms with Crippen molar-refractivity contribution in [1.82, 2.24) is 19.1 Å². The zero-order valence-corrected chi connectivity index (χ0v) is 14.1. The Morgan fingerprint density at radius 3 is 2.80 bits per heavy atom. The Bertz CT molecular complexity index is 942. The van der Waals surface area contributed by atoms with Crippen molar-refractivity contribution in [3.8, 4) is 0 Å². The van der Waals surface area contributed by atoms with Crippen LogP contribution in [0.4, 0.5) is 5.69 Å². The summed E-state index contributed by atoms with van der Waals surface area (Å²) in [6.07, 6.45) is 6.51. The zero-order valence-electron chi connectivity index (χ0n) is 14.1. The van der Waals surface area contributed by atoms with Crippen molar-refractivity contribution in [3.05, 3.63) is 77.0 Å². The summed E-state index contributed by atoms with van der Waals surface area (Å²) in [6, 6.07) is 9.30. The highest BCUT2D eigenvalue weighted by Gasteiger charge is 2.11. The molecule has 7 heteroatoms. The van der Waals surface area contributed by atoms with E-state index in [4.69, 9.17) is 0 Å². The zero-order chi connectivity index (χ0) is 17.8. The first-order valence-electron chi connectivity index (χ1n) is 7.98. The first-order valence-corrected chi connectivity index (χ1v) is 7.98. The van der Waals surface area contributed by atoms with Crippen molar-refractivity contribution in [2.24, 2.45) is 0 Å². The molecule has 0 spiro atoms. The molecule has 0 aliphatic carbocycles. The van der Waals surface area contributed by atoms with Gasteiger partial charge in [0.05, 0.1) is 12.9 Å². The van der Waals surface area contributed by atoms with Crippen molar-refractivity contribution in [2.45, 2.75) is 26.4 Å². The molecule has 0 aliphatic rings. The Morgan fingerprint density at radius 2 is 2.08 bits per heavy atom. The van der Waals surface area contributed by atoms with E-state index in [-0.39, 0.29) is 17.6 Å².